The van der Waals surface area contributed by atoms with Gasteiger partial charge in [0, 0.05) is 5.41 Å². The van der Waals surface area contributed by atoms with E-state index < -0.39 is 7.12 Å². The normalized spacial score (nSPS) is 19.0. The summed E-state index contributed by atoms with van der Waals surface area (Å²) >= 11 is 0. The lowest BCUT2D eigenvalue weighted by molar-refractivity contribution is 0.403. The first-order valence-corrected chi connectivity index (χ1v) is 10.00. The fourth-order valence-electron chi connectivity index (χ4n) is 4.68. The third-order valence-corrected chi connectivity index (χ3v) is 5.97. The molecule has 2 nitrogen and oxygen atoms in total. The zero-order chi connectivity index (χ0) is 19.9. The maximum atomic E-state index is 9.95. The Morgan fingerprint density at radius 2 is 1.57 bits per heavy atom. The van der Waals surface area contributed by atoms with Crippen molar-refractivity contribution in [1.29, 1.82) is 0 Å². The van der Waals surface area contributed by atoms with Gasteiger partial charge >= 0.3 is 7.12 Å². The standard InChI is InChI=1S/C23H19BO2.C2H6/c1-23-14-13-16-7-10-18(15-5-3-2-4-6-15)19-11-8-17(22(23)21(16)19)9-12-20(23)24(25)26;1-2/h2-13,25-26H,14H2,1H3;1-2H3. The topological polar surface area (TPSA) is 40.5 Å². The predicted octanol–water partition coefficient (Wildman–Crippen LogP) is 3.71. The van der Waals surface area contributed by atoms with Crippen molar-refractivity contribution >= 4 is 30.0 Å². The number of hydrogen-bond donors (Lipinski definition) is 2. The van der Waals surface area contributed by atoms with Crippen LogP contribution in [0.5, 0.6) is 0 Å². The predicted molar refractivity (Wildman–Crippen MR) is 119 cm³/mol. The highest BCUT2D eigenvalue weighted by Gasteiger charge is 2.40. The van der Waals surface area contributed by atoms with Gasteiger partial charge in [0.05, 0.1) is 0 Å². The Labute approximate surface area is 166 Å². The molecule has 0 aliphatic heterocycles. The van der Waals surface area contributed by atoms with Crippen LogP contribution in [0.15, 0.2) is 66.1 Å². The maximum Gasteiger partial charge on any atom is 0.485 e. The van der Waals surface area contributed by atoms with E-state index in [1.807, 2.05) is 32.1 Å². The van der Waals surface area contributed by atoms with Gasteiger partial charge in [-0.25, -0.2) is 0 Å². The van der Waals surface area contributed by atoms with Gasteiger partial charge in [-0.1, -0.05) is 93.6 Å². The Morgan fingerprint density at radius 1 is 0.857 bits per heavy atom. The summed E-state index contributed by atoms with van der Waals surface area (Å²) in [5.41, 5.74) is 3.91. The molecule has 0 saturated carbocycles. The Morgan fingerprint density at radius 3 is 2.29 bits per heavy atom. The van der Waals surface area contributed by atoms with E-state index in [9.17, 15) is 10.0 Å². The third-order valence-electron chi connectivity index (χ3n) is 5.97. The molecule has 2 aliphatic rings. The Balaban J connectivity index is 0.000000932. The van der Waals surface area contributed by atoms with Gasteiger partial charge in [0.25, 0.3) is 0 Å². The van der Waals surface area contributed by atoms with Crippen LogP contribution in [0, 0.1) is 0 Å². The summed E-state index contributed by atoms with van der Waals surface area (Å²) < 4.78 is 0. The summed E-state index contributed by atoms with van der Waals surface area (Å²) in [4.78, 5) is 0. The number of allylic oxidation sites excluding steroid dienone is 2. The highest BCUT2D eigenvalue weighted by Crippen LogP contribution is 2.42. The fraction of sp³-hybridized carbons (Fsp3) is 0.200. The molecule has 2 N–H and O–H groups in total. The fourth-order valence-corrected chi connectivity index (χ4v) is 4.68. The van der Waals surface area contributed by atoms with Crippen molar-refractivity contribution in [2.24, 2.45) is 0 Å². The molecule has 0 spiro atoms. The van der Waals surface area contributed by atoms with E-state index in [1.54, 1.807) is 0 Å². The Hall–Kier alpha value is -2.62. The molecule has 0 saturated heterocycles. The van der Waals surface area contributed by atoms with E-state index in [2.05, 4.69) is 61.5 Å². The first kappa shape index (κ1) is 18.7. The summed E-state index contributed by atoms with van der Waals surface area (Å²) in [5.74, 6) is 0. The van der Waals surface area contributed by atoms with Crippen molar-refractivity contribution in [2.45, 2.75) is 32.6 Å². The molecule has 3 heteroatoms. The van der Waals surface area contributed by atoms with Crippen LogP contribution in [0.25, 0.3) is 34.1 Å². The van der Waals surface area contributed by atoms with E-state index in [-0.39, 0.29) is 5.41 Å². The SMILES string of the molecule is CC.CC12CC=c3ccc(-c4ccccc4)c4ccc(c1c34)=CC=C2B(O)O. The van der Waals surface area contributed by atoms with Crippen LogP contribution in [-0.4, -0.2) is 17.2 Å². The van der Waals surface area contributed by atoms with Crippen LogP contribution < -0.4 is 10.4 Å². The van der Waals surface area contributed by atoms with Crippen LogP contribution in [-0.2, 0) is 5.41 Å². The highest BCUT2D eigenvalue weighted by atomic mass is 16.4. The van der Waals surface area contributed by atoms with Gasteiger partial charge in [-0.2, -0.15) is 0 Å². The van der Waals surface area contributed by atoms with Crippen LogP contribution >= 0.6 is 0 Å². The highest BCUT2D eigenvalue weighted by molar-refractivity contribution is 6.52. The quantitative estimate of drug-likeness (QED) is 0.677. The number of hydrogen-bond acceptors (Lipinski definition) is 2. The minimum absolute atomic E-state index is 0.389. The van der Waals surface area contributed by atoms with Crippen molar-refractivity contribution in [3.8, 4) is 11.1 Å². The smallest absolute Gasteiger partial charge is 0.423 e. The zero-order valence-corrected chi connectivity index (χ0v) is 16.6. The molecule has 1 atom stereocenters. The molecular weight excluding hydrogens is 343 g/mol. The molecule has 1 unspecified atom stereocenters. The second-order valence-corrected chi connectivity index (χ2v) is 7.42. The molecule has 3 aromatic carbocycles. The summed E-state index contributed by atoms with van der Waals surface area (Å²) in [6.07, 6.45) is 6.89. The largest absolute Gasteiger partial charge is 0.485 e. The lowest BCUT2D eigenvalue weighted by atomic mass is 9.56. The van der Waals surface area contributed by atoms with Crippen molar-refractivity contribution in [2.75, 3.05) is 0 Å². The Bertz CT molecular complexity index is 1190. The van der Waals surface area contributed by atoms with Crippen LogP contribution in [0.3, 0.4) is 0 Å². The Kier molecular flexibility index (Phi) is 4.74. The van der Waals surface area contributed by atoms with Crippen molar-refractivity contribution < 1.29 is 10.0 Å². The maximum absolute atomic E-state index is 9.95. The van der Waals surface area contributed by atoms with Gasteiger partial charge < -0.3 is 10.0 Å². The summed E-state index contributed by atoms with van der Waals surface area (Å²) in [5, 5.41) is 24.8. The first-order valence-electron chi connectivity index (χ1n) is 10.00. The van der Waals surface area contributed by atoms with Gasteiger partial charge in [-0.3, -0.25) is 0 Å². The van der Waals surface area contributed by atoms with E-state index >= 15 is 0 Å². The molecule has 0 bridgehead atoms. The molecule has 0 amide bonds. The monoisotopic (exact) mass is 368 g/mol. The lowest BCUT2D eigenvalue weighted by Crippen LogP contribution is -2.42. The molecule has 0 aromatic heterocycles. The second kappa shape index (κ2) is 7.08. The van der Waals surface area contributed by atoms with E-state index in [0.717, 1.165) is 6.42 Å². The van der Waals surface area contributed by atoms with E-state index in [0.29, 0.717) is 5.47 Å². The molecule has 5 rings (SSSR count). The van der Waals surface area contributed by atoms with E-state index in [4.69, 9.17) is 0 Å². The third kappa shape index (κ3) is 2.66. The van der Waals surface area contributed by atoms with Gasteiger partial charge in [-0.15, -0.1) is 0 Å². The molecular formula is C25H25BO2. The van der Waals surface area contributed by atoms with Crippen molar-refractivity contribution in [1.82, 2.24) is 0 Å². The summed E-state index contributed by atoms with van der Waals surface area (Å²) in [6.45, 7) is 6.12. The van der Waals surface area contributed by atoms with Gasteiger partial charge in [-0.05, 0) is 49.8 Å². The number of rotatable bonds is 2. The van der Waals surface area contributed by atoms with Gasteiger partial charge in [0.1, 0.15) is 0 Å². The average Bonchev–Trinajstić information content (AvgIpc) is 2.73. The molecule has 0 fully saturated rings. The summed E-state index contributed by atoms with van der Waals surface area (Å²) in [7, 11) is -1.44. The molecule has 3 aromatic rings. The zero-order valence-electron chi connectivity index (χ0n) is 16.6. The second-order valence-electron chi connectivity index (χ2n) is 7.42. The molecule has 2 aliphatic carbocycles. The minimum Gasteiger partial charge on any atom is -0.423 e. The molecule has 0 heterocycles. The lowest BCUT2D eigenvalue weighted by Gasteiger charge is -2.38. The summed E-state index contributed by atoms with van der Waals surface area (Å²) in [6, 6.07) is 19.2. The first-order chi connectivity index (χ1) is 13.6. The molecule has 0 radical (unpaired) electrons. The number of benzene rings is 3. The van der Waals surface area contributed by atoms with Gasteiger partial charge in [0.15, 0.2) is 0 Å². The van der Waals surface area contributed by atoms with E-state index in [1.165, 1.54) is 37.9 Å². The van der Waals surface area contributed by atoms with Crippen LogP contribution in [0.4, 0.5) is 0 Å². The van der Waals surface area contributed by atoms with Crippen molar-refractivity contribution in [3.05, 3.63) is 82.1 Å². The average molecular weight is 368 g/mol. The molecule has 28 heavy (non-hydrogen) atoms. The minimum atomic E-state index is -1.44. The van der Waals surface area contributed by atoms with Crippen LogP contribution in [0.1, 0.15) is 32.8 Å². The molecule has 140 valence electrons. The van der Waals surface area contributed by atoms with Gasteiger partial charge in [0.2, 0.25) is 0 Å². The van der Waals surface area contributed by atoms with Crippen LogP contribution in [0.2, 0.25) is 0 Å². The van der Waals surface area contributed by atoms with Crippen molar-refractivity contribution in [3.63, 3.8) is 0 Å².